The van der Waals surface area contributed by atoms with Crippen LogP contribution in [0.5, 0.6) is 11.5 Å². The van der Waals surface area contributed by atoms with Crippen molar-refractivity contribution in [1.82, 2.24) is 5.32 Å². The number of benzene rings is 2. The van der Waals surface area contributed by atoms with Crippen LogP contribution in [-0.2, 0) is 27.5 Å². The van der Waals surface area contributed by atoms with E-state index in [0.29, 0.717) is 38.3 Å². The van der Waals surface area contributed by atoms with Crippen molar-refractivity contribution in [3.8, 4) is 11.5 Å². The van der Waals surface area contributed by atoms with Gasteiger partial charge in [0.2, 0.25) is 5.91 Å². The number of hydrogen-bond acceptors (Lipinski definition) is 5. The molecule has 0 radical (unpaired) electrons. The van der Waals surface area contributed by atoms with Crippen LogP contribution in [0.4, 0.5) is 0 Å². The van der Waals surface area contributed by atoms with Crippen molar-refractivity contribution < 1.29 is 22.7 Å². The molecule has 0 heterocycles. The van der Waals surface area contributed by atoms with E-state index >= 15 is 0 Å². The summed E-state index contributed by atoms with van der Waals surface area (Å²) < 4.78 is 34.1. The molecule has 0 aliphatic heterocycles. The summed E-state index contributed by atoms with van der Waals surface area (Å²) in [5.41, 5.74) is 2.79. The highest BCUT2D eigenvalue weighted by atomic mass is 32.2. The Bertz CT molecular complexity index is 938. The zero-order valence-corrected chi connectivity index (χ0v) is 17.5. The number of carbonyl (C=O) groups is 1. The molecule has 0 fully saturated rings. The lowest BCUT2D eigenvalue weighted by atomic mass is 10.1. The fourth-order valence-electron chi connectivity index (χ4n) is 3.29. The first-order valence-corrected chi connectivity index (χ1v) is 11.8. The Morgan fingerprint density at radius 1 is 0.966 bits per heavy atom. The molecule has 2 aromatic carbocycles. The summed E-state index contributed by atoms with van der Waals surface area (Å²) in [4.78, 5) is 12.1. The van der Waals surface area contributed by atoms with Gasteiger partial charge in [0.15, 0.2) is 9.84 Å². The van der Waals surface area contributed by atoms with E-state index in [0.717, 1.165) is 24.8 Å². The smallest absolute Gasteiger partial charge is 0.220 e. The minimum absolute atomic E-state index is 0.0430. The summed E-state index contributed by atoms with van der Waals surface area (Å²) in [5.74, 6) is 1.40. The standard InChI is InChI=1S/C22H27NO5S/c1-29(25,26)21-11-9-19(10-12-21)27-14-3-6-22(24)23-13-15-28-20-8-7-17-4-2-5-18(17)16-20/h7-12,16H,2-6,13-15H2,1H3,(H,23,24). The lowest BCUT2D eigenvalue weighted by molar-refractivity contribution is -0.121. The first-order valence-electron chi connectivity index (χ1n) is 9.86. The van der Waals surface area contributed by atoms with Gasteiger partial charge in [-0.25, -0.2) is 8.42 Å². The van der Waals surface area contributed by atoms with Crippen molar-refractivity contribution in [1.29, 1.82) is 0 Å². The molecule has 1 amide bonds. The molecule has 0 aromatic heterocycles. The minimum Gasteiger partial charge on any atom is -0.494 e. The molecule has 0 spiro atoms. The van der Waals surface area contributed by atoms with Gasteiger partial charge in [0.05, 0.1) is 18.0 Å². The largest absolute Gasteiger partial charge is 0.494 e. The summed E-state index contributed by atoms with van der Waals surface area (Å²) in [7, 11) is -3.21. The van der Waals surface area contributed by atoms with E-state index in [4.69, 9.17) is 9.47 Å². The first kappa shape index (κ1) is 21.2. The van der Waals surface area contributed by atoms with Gasteiger partial charge in [0, 0.05) is 12.7 Å². The molecule has 0 saturated heterocycles. The number of rotatable bonds is 10. The van der Waals surface area contributed by atoms with Crippen LogP contribution < -0.4 is 14.8 Å². The number of fused-ring (bicyclic) bond motifs is 1. The third kappa shape index (κ3) is 6.49. The van der Waals surface area contributed by atoms with Crippen LogP contribution >= 0.6 is 0 Å². The molecule has 2 aromatic rings. The fraction of sp³-hybridized carbons (Fsp3) is 0.409. The Hall–Kier alpha value is -2.54. The highest BCUT2D eigenvalue weighted by Crippen LogP contribution is 2.25. The summed E-state index contributed by atoms with van der Waals surface area (Å²) in [6.45, 7) is 1.29. The molecular formula is C22H27NO5S. The Kier molecular flexibility index (Phi) is 7.14. The van der Waals surface area contributed by atoms with E-state index in [9.17, 15) is 13.2 Å². The highest BCUT2D eigenvalue weighted by Gasteiger charge is 2.11. The van der Waals surface area contributed by atoms with Gasteiger partial charge in [-0.15, -0.1) is 0 Å². The fourth-order valence-corrected chi connectivity index (χ4v) is 3.92. The second kappa shape index (κ2) is 9.78. The molecule has 0 saturated carbocycles. The number of carbonyl (C=O) groups excluding carboxylic acids is 1. The molecule has 7 heteroatoms. The summed E-state index contributed by atoms with van der Waals surface area (Å²) in [6.07, 6.45) is 5.59. The third-order valence-corrected chi connectivity index (χ3v) is 5.96. The predicted octanol–water partition coefficient (Wildman–Crippen LogP) is 2.93. The molecule has 0 bridgehead atoms. The summed E-state index contributed by atoms with van der Waals surface area (Å²) in [5, 5.41) is 2.84. The number of nitrogens with one attached hydrogen (secondary N) is 1. The van der Waals surface area contributed by atoms with E-state index < -0.39 is 9.84 Å². The molecule has 3 rings (SSSR count). The van der Waals surface area contributed by atoms with E-state index in [1.807, 2.05) is 6.07 Å². The maximum Gasteiger partial charge on any atom is 0.220 e. The molecule has 0 atom stereocenters. The predicted molar refractivity (Wildman–Crippen MR) is 111 cm³/mol. The second-order valence-electron chi connectivity index (χ2n) is 7.18. The highest BCUT2D eigenvalue weighted by molar-refractivity contribution is 7.90. The second-order valence-corrected chi connectivity index (χ2v) is 9.19. The lowest BCUT2D eigenvalue weighted by Gasteiger charge is -2.10. The summed E-state index contributed by atoms with van der Waals surface area (Å²) >= 11 is 0. The summed E-state index contributed by atoms with van der Waals surface area (Å²) in [6, 6.07) is 12.5. The van der Waals surface area contributed by atoms with Gasteiger partial charge in [-0.1, -0.05) is 6.07 Å². The quantitative estimate of drug-likeness (QED) is 0.601. The van der Waals surface area contributed by atoms with Crippen LogP contribution in [0.1, 0.15) is 30.4 Å². The van der Waals surface area contributed by atoms with Gasteiger partial charge >= 0.3 is 0 Å². The average molecular weight is 418 g/mol. The molecule has 0 unspecified atom stereocenters. The number of amides is 1. The maximum absolute atomic E-state index is 11.9. The SMILES string of the molecule is CS(=O)(=O)c1ccc(OCCCC(=O)NCCOc2ccc3c(c2)CCC3)cc1. The zero-order chi connectivity index (χ0) is 20.7. The van der Waals surface area contributed by atoms with Crippen LogP contribution in [0, 0.1) is 0 Å². The third-order valence-electron chi connectivity index (χ3n) is 4.83. The maximum atomic E-state index is 11.9. The van der Waals surface area contributed by atoms with Gasteiger partial charge in [0.25, 0.3) is 0 Å². The van der Waals surface area contributed by atoms with E-state index in [2.05, 4.69) is 17.4 Å². The van der Waals surface area contributed by atoms with E-state index in [-0.39, 0.29) is 10.8 Å². The molecule has 29 heavy (non-hydrogen) atoms. The van der Waals surface area contributed by atoms with Gasteiger partial charge in [0.1, 0.15) is 18.1 Å². The molecular weight excluding hydrogens is 390 g/mol. The topological polar surface area (TPSA) is 81.7 Å². The number of ether oxygens (including phenoxy) is 2. The van der Waals surface area contributed by atoms with Crippen LogP contribution in [0.3, 0.4) is 0 Å². The Labute approximate surface area is 172 Å². The van der Waals surface area contributed by atoms with Crippen LogP contribution in [0.25, 0.3) is 0 Å². The van der Waals surface area contributed by atoms with Crippen LogP contribution in [0.15, 0.2) is 47.4 Å². The monoisotopic (exact) mass is 417 g/mol. The molecule has 1 aliphatic carbocycles. The van der Waals surface area contributed by atoms with Crippen molar-refractivity contribution in [2.24, 2.45) is 0 Å². The van der Waals surface area contributed by atoms with Crippen molar-refractivity contribution in [2.45, 2.75) is 37.0 Å². The van der Waals surface area contributed by atoms with Gasteiger partial charge in [-0.3, -0.25) is 4.79 Å². The lowest BCUT2D eigenvalue weighted by Crippen LogP contribution is -2.28. The Morgan fingerprint density at radius 2 is 1.66 bits per heavy atom. The number of hydrogen-bond donors (Lipinski definition) is 1. The van der Waals surface area contributed by atoms with Gasteiger partial charge in [-0.2, -0.15) is 0 Å². The molecule has 1 N–H and O–H groups in total. The van der Waals surface area contributed by atoms with E-state index in [1.54, 1.807) is 12.1 Å². The van der Waals surface area contributed by atoms with Gasteiger partial charge in [-0.05, 0) is 73.2 Å². The Balaban J connectivity index is 1.27. The zero-order valence-electron chi connectivity index (χ0n) is 16.6. The first-order chi connectivity index (χ1) is 13.9. The Morgan fingerprint density at radius 3 is 2.41 bits per heavy atom. The molecule has 156 valence electrons. The normalized spacial score (nSPS) is 13.0. The molecule has 6 nitrogen and oxygen atoms in total. The van der Waals surface area contributed by atoms with Crippen LogP contribution in [0.2, 0.25) is 0 Å². The van der Waals surface area contributed by atoms with E-state index in [1.165, 1.54) is 29.7 Å². The van der Waals surface area contributed by atoms with Gasteiger partial charge < -0.3 is 14.8 Å². The average Bonchev–Trinajstić information content (AvgIpc) is 3.16. The van der Waals surface area contributed by atoms with Crippen molar-refractivity contribution in [2.75, 3.05) is 26.0 Å². The van der Waals surface area contributed by atoms with Crippen molar-refractivity contribution in [3.05, 3.63) is 53.6 Å². The number of aryl methyl sites for hydroxylation is 2. The van der Waals surface area contributed by atoms with Crippen molar-refractivity contribution >= 4 is 15.7 Å². The van der Waals surface area contributed by atoms with Crippen LogP contribution in [-0.4, -0.2) is 40.3 Å². The molecule has 1 aliphatic rings. The number of sulfone groups is 1. The van der Waals surface area contributed by atoms with Crippen molar-refractivity contribution in [3.63, 3.8) is 0 Å². The minimum atomic E-state index is -3.21.